The molecule has 4 rings (SSSR count). The van der Waals surface area contributed by atoms with Crippen LogP contribution in [-0.4, -0.2) is 29.4 Å². The summed E-state index contributed by atoms with van der Waals surface area (Å²) in [7, 11) is 0. The molecular formula is C22H26N2O3S. The highest BCUT2D eigenvalue weighted by Gasteiger charge is 2.22. The van der Waals surface area contributed by atoms with E-state index in [1.54, 1.807) is 11.3 Å². The topological polar surface area (TPSA) is 58.6 Å². The van der Waals surface area contributed by atoms with E-state index in [2.05, 4.69) is 16.8 Å². The van der Waals surface area contributed by atoms with E-state index in [4.69, 9.17) is 4.74 Å². The standard InChI is InChI=1S/C22H26N2O3S/c25-21(9-10-22(26)24-13-11-20-16(15-24)12-14-28-20)23-17-5-7-19(8-6-17)27-18-3-1-2-4-18/h5-8,12,14,18H,1-4,9-11,13,15H2,(H,23,25). The summed E-state index contributed by atoms with van der Waals surface area (Å²) in [5.74, 6) is 0.760. The van der Waals surface area contributed by atoms with Crippen molar-refractivity contribution in [2.45, 2.75) is 57.6 Å². The Morgan fingerprint density at radius 1 is 1.11 bits per heavy atom. The summed E-state index contributed by atoms with van der Waals surface area (Å²) in [6.07, 6.45) is 6.41. The zero-order chi connectivity index (χ0) is 19.3. The van der Waals surface area contributed by atoms with Crippen molar-refractivity contribution < 1.29 is 14.3 Å². The van der Waals surface area contributed by atoms with Crippen LogP contribution in [0.2, 0.25) is 0 Å². The summed E-state index contributed by atoms with van der Waals surface area (Å²) < 4.78 is 5.94. The van der Waals surface area contributed by atoms with E-state index in [1.165, 1.54) is 23.3 Å². The second kappa shape index (κ2) is 8.78. The smallest absolute Gasteiger partial charge is 0.224 e. The van der Waals surface area contributed by atoms with Crippen LogP contribution in [0.5, 0.6) is 5.75 Å². The summed E-state index contributed by atoms with van der Waals surface area (Å²) in [4.78, 5) is 27.9. The molecule has 5 nitrogen and oxygen atoms in total. The van der Waals surface area contributed by atoms with Crippen LogP contribution in [0.25, 0.3) is 0 Å². The molecule has 148 valence electrons. The number of nitrogens with one attached hydrogen (secondary N) is 1. The fourth-order valence-corrected chi connectivity index (χ4v) is 4.77. The molecule has 2 aliphatic rings. The molecule has 1 aromatic heterocycles. The molecule has 0 saturated heterocycles. The van der Waals surface area contributed by atoms with Crippen LogP contribution in [0.4, 0.5) is 5.69 Å². The maximum atomic E-state index is 12.4. The molecule has 0 spiro atoms. The summed E-state index contributed by atoms with van der Waals surface area (Å²) in [5, 5.41) is 4.95. The minimum Gasteiger partial charge on any atom is -0.490 e. The average molecular weight is 399 g/mol. The predicted octanol–water partition coefficient (Wildman–Crippen LogP) is 4.37. The van der Waals surface area contributed by atoms with Crippen LogP contribution in [0.15, 0.2) is 35.7 Å². The number of fused-ring (bicyclic) bond motifs is 1. The number of anilines is 1. The van der Waals surface area contributed by atoms with Gasteiger partial charge in [0, 0.05) is 36.5 Å². The highest BCUT2D eigenvalue weighted by molar-refractivity contribution is 7.10. The van der Waals surface area contributed by atoms with Gasteiger partial charge in [-0.1, -0.05) is 0 Å². The van der Waals surface area contributed by atoms with Crippen molar-refractivity contribution in [3.63, 3.8) is 0 Å². The third-order valence-electron chi connectivity index (χ3n) is 5.47. The van der Waals surface area contributed by atoms with Crippen molar-refractivity contribution in [3.05, 3.63) is 46.2 Å². The van der Waals surface area contributed by atoms with Crippen LogP contribution in [0.1, 0.15) is 49.0 Å². The number of thiophene rings is 1. The van der Waals surface area contributed by atoms with Gasteiger partial charge in [-0.3, -0.25) is 9.59 Å². The maximum absolute atomic E-state index is 12.4. The van der Waals surface area contributed by atoms with E-state index < -0.39 is 0 Å². The second-order valence-corrected chi connectivity index (χ2v) is 8.53. The molecule has 1 aliphatic carbocycles. The number of hydrogen-bond donors (Lipinski definition) is 1. The van der Waals surface area contributed by atoms with E-state index in [9.17, 15) is 9.59 Å². The third kappa shape index (κ3) is 4.73. The number of rotatable bonds is 6. The molecule has 0 radical (unpaired) electrons. The van der Waals surface area contributed by atoms with Crippen LogP contribution >= 0.6 is 11.3 Å². The lowest BCUT2D eigenvalue weighted by atomic mass is 10.1. The average Bonchev–Trinajstić information content (AvgIpc) is 3.38. The summed E-state index contributed by atoms with van der Waals surface area (Å²) in [6, 6.07) is 9.59. The number of benzene rings is 1. The molecule has 1 fully saturated rings. The predicted molar refractivity (Wildman–Crippen MR) is 111 cm³/mol. The molecule has 2 aromatic rings. The Morgan fingerprint density at radius 2 is 1.89 bits per heavy atom. The minimum absolute atomic E-state index is 0.0484. The molecule has 1 aliphatic heterocycles. The van der Waals surface area contributed by atoms with Gasteiger partial charge < -0.3 is 15.0 Å². The molecule has 6 heteroatoms. The van der Waals surface area contributed by atoms with Crippen LogP contribution in [0, 0.1) is 0 Å². The van der Waals surface area contributed by atoms with Crippen molar-refractivity contribution in [2.24, 2.45) is 0 Å². The van der Waals surface area contributed by atoms with Gasteiger partial charge in [0.25, 0.3) is 0 Å². The first-order chi connectivity index (χ1) is 13.7. The minimum atomic E-state index is -0.133. The van der Waals surface area contributed by atoms with Gasteiger partial charge in [-0.15, -0.1) is 11.3 Å². The monoisotopic (exact) mass is 398 g/mol. The molecule has 2 amide bonds. The molecule has 0 bridgehead atoms. The van der Waals surface area contributed by atoms with Gasteiger partial charge in [-0.25, -0.2) is 0 Å². The Morgan fingerprint density at radius 3 is 2.68 bits per heavy atom. The SMILES string of the molecule is O=C(CCC(=O)N1CCc2sccc2C1)Nc1ccc(OC2CCCC2)cc1. The number of carbonyl (C=O) groups is 2. The van der Waals surface area contributed by atoms with E-state index >= 15 is 0 Å². The Kier molecular flexibility index (Phi) is 5.95. The fourth-order valence-electron chi connectivity index (χ4n) is 3.88. The zero-order valence-corrected chi connectivity index (χ0v) is 16.8. The van der Waals surface area contributed by atoms with Crippen molar-refractivity contribution in [2.75, 3.05) is 11.9 Å². The first-order valence-electron chi connectivity index (χ1n) is 10.1. The molecule has 28 heavy (non-hydrogen) atoms. The number of amides is 2. The van der Waals surface area contributed by atoms with Crippen molar-refractivity contribution in [1.82, 2.24) is 4.90 Å². The van der Waals surface area contributed by atoms with Gasteiger partial charge in [0.15, 0.2) is 0 Å². The maximum Gasteiger partial charge on any atom is 0.224 e. The van der Waals surface area contributed by atoms with Gasteiger partial charge in [-0.2, -0.15) is 0 Å². The molecule has 1 N–H and O–H groups in total. The van der Waals surface area contributed by atoms with Crippen LogP contribution < -0.4 is 10.1 Å². The van der Waals surface area contributed by atoms with Crippen molar-refractivity contribution in [3.8, 4) is 5.75 Å². The van der Waals surface area contributed by atoms with E-state index in [1.807, 2.05) is 29.2 Å². The highest BCUT2D eigenvalue weighted by atomic mass is 32.1. The number of carbonyl (C=O) groups excluding carboxylic acids is 2. The summed E-state index contributed by atoms with van der Waals surface area (Å²) in [5.41, 5.74) is 1.98. The zero-order valence-electron chi connectivity index (χ0n) is 16.0. The number of ether oxygens (including phenoxy) is 1. The van der Waals surface area contributed by atoms with Gasteiger partial charge >= 0.3 is 0 Å². The summed E-state index contributed by atoms with van der Waals surface area (Å²) in [6.45, 7) is 1.41. The molecule has 1 aromatic carbocycles. The Bertz CT molecular complexity index is 825. The largest absolute Gasteiger partial charge is 0.490 e. The molecule has 1 saturated carbocycles. The number of nitrogens with zero attached hydrogens (tertiary/aromatic N) is 1. The lowest BCUT2D eigenvalue weighted by molar-refractivity contribution is -0.133. The van der Waals surface area contributed by atoms with Gasteiger partial charge in [0.2, 0.25) is 11.8 Å². The molecule has 2 heterocycles. The fraction of sp³-hybridized carbons (Fsp3) is 0.455. The first-order valence-corrected chi connectivity index (χ1v) is 10.9. The lowest BCUT2D eigenvalue weighted by Crippen LogP contribution is -2.35. The highest BCUT2D eigenvalue weighted by Crippen LogP contribution is 2.26. The van der Waals surface area contributed by atoms with Crippen molar-refractivity contribution in [1.29, 1.82) is 0 Å². The quantitative estimate of drug-likeness (QED) is 0.786. The van der Waals surface area contributed by atoms with Crippen LogP contribution in [-0.2, 0) is 22.6 Å². The molecule has 0 atom stereocenters. The first kappa shape index (κ1) is 19.0. The summed E-state index contributed by atoms with van der Waals surface area (Å²) >= 11 is 1.76. The molecular weight excluding hydrogens is 372 g/mol. The Balaban J connectivity index is 1.21. The van der Waals surface area contributed by atoms with Crippen LogP contribution in [0.3, 0.4) is 0 Å². The lowest BCUT2D eigenvalue weighted by Gasteiger charge is -2.27. The van der Waals surface area contributed by atoms with Gasteiger partial charge in [0.05, 0.1) is 6.10 Å². The Labute approximate surface area is 169 Å². The van der Waals surface area contributed by atoms with E-state index in [-0.39, 0.29) is 24.7 Å². The van der Waals surface area contributed by atoms with E-state index in [0.29, 0.717) is 12.6 Å². The normalized spacial score (nSPS) is 16.6. The third-order valence-corrected chi connectivity index (χ3v) is 6.49. The van der Waals surface area contributed by atoms with Gasteiger partial charge in [0.1, 0.15) is 5.75 Å². The van der Waals surface area contributed by atoms with E-state index in [0.717, 1.165) is 37.2 Å². The Hall–Kier alpha value is -2.34. The van der Waals surface area contributed by atoms with Crippen molar-refractivity contribution >= 4 is 28.8 Å². The van der Waals surface area contributed by atoms with Gasteiger partial charge in [-0.05, 0) is 73.4 Å². The number of hydrogen-bond acceptors (Lipinski definition) is 4. The second-order valence-electron chi connectivity index (χ2n) is 7.53. The molecule has 0 unspecified atom stereocenters.